The van der Waals surface area contributed by atoms with Gasteiger partial charge in [-0.05, 0) is 26.2 Å². The maximum atomic E-state index is 11.9. The Hall–Kier alpha value is -1.32. The molecule has 1 amide bonds. The second kappa shape index (κ2) is 12.1. The number of ether oxygens (including phenoxy) is 1. The van der Waals surface area contributed by atoms with E-state index in [1.54, 1.807) is 6.92 Å². The molecule has 0 aliphatic heterocycles. The third-order valence-electron chi connectivity index (χ3n) is 4.17. The molecule has 1 unspecified atom stereocenters. The Balaban J connectivity index is 4.39. The first-order valence-electron chi connectivity index (χ1n) is 9.08. The summed E-state index contributed by atoms with van der Waals surface area (Å²) >= 11 is 0. The van der Waals surface area contributed by atoms with Crippen LogP contribution < -0.4 is 5.73 Å². The van der Waals surface area contributed by atoms with E-state index in [9.17, 15) is 9.59 Å². The Labute approximate surface area is 141 Å². The van der Waals surface area contributed by atoms with Gasteiger partial charge in [0.1, 0.15) is 0 Å². The maximum Gasteiger partial charge on any atom is 0.334 e. The molecule has 0 rings (SSSR count). The lowest BCUT2D eigenvalue weighted by atomic mass is 9.89. The van der Waals surface area contributed by atoms with Crippen molar-refractivity contribution < 1.29 is 14.3 Å². The standard InChI is InChI=1S/C19H35NO3/c1-5-7-8-9-10-11-12-13-15-19(14-6-2,18(20)22)23-17(21)16(3)4/h3,5-15H2,1-2,4H3,(H2,20,22). The SMILES string of the molecule is C=C(C)C(=O)OC(CCC)(CCCCCCCCCC)C(N)=O. The number of amides is 1. The summed E-state index contributed by atoms with van der Waals surface area (Å²) < 4.78 is 5.45. The summed E-state index contributed by atoms with van der Waals surface area (Å²) in [4.78, 5) is 23.8. The van der Waals surface area contributed by atoms with Crippen molar-refractivity contribution in [3.8, 4) is 0 Å². The fraction of sp³-hybridized carbons (Fsp3) is 0.789. The van der Waals surface area contributed by atoms with Crippen molar-refractivity contribution in [2.75, 3.05) is 0 Å². The molecule has 0 aromatic rings. The normalized spacial score (nSPS) is 13.3. The van der Waals surface area contributed by atoms with E-state index < -0.39 is 17.5 Å². The summed E-state index contributed by atoms with van der Waals surface area (Å²) in [6, 6.07) is 0. The Bertz CT molecular complexity index is 379. The van der Waals surface area contributed by atoms with Gasteiger partial charge in [0.2, 0.25) is 0 Å². The van der Waals surface area contributed by atoms with Gasteiger partial charge in [0.25, 0.3) is 5.91 Å². The minimum absolute atomic E-state index is 0.294. The van der Waals surface area contributed by atoms with Crippen molar-refractivity contribution in [3.05, 3.63) is 12.2 Å². The number of esters is 1. The van der Waals surface area contributed by atoms with Gasteiger partial charge in [0.05, 0.1) is 0 Å². The second-order valence-corrected chi connectivity index (χ2v) is 6.50. The smallest absolute Gasteiger partial charge is 0.334 e. The lowest BCUT2D eigenvalue weighted by molar-refractivity contribution is -0.165. The third kappa shape index (κ3) is 8.77. The number of carbonyl (C=O) groups is 2. The molecule has 23 heavy (non-hydrogen) atoms. The van der Waals surface area contributed by atoms with Crippen molar-refractivity contribution in [1.82, 2.24) is 0 Å². The Morgan fingerprint density at radius 1 is 0.913 bits per heavy atom. The van der Waals surface area contributed by atoms with Crippen LogP contribution in [0.1, 0.15) is 91.4 Å². The quantitative estimate of drug-likeness (QED) is 0.287. The van der Waals surface area contributed by atoms with Gasteiger partial charge in [-0.25, -0.2) is 4.79 Å². The van der Waals surface area contributed by atoms with Gasteiger partial charge in [-0.1, -0.05) is 71.8 Å². The van der Waals surface area contributed by atoms with E-state index in [0.29, 0.717) is 18.4 Å². The molecular weight excluding hydrogens is 290 g/mol. The molecule has 4 nitrogen and oxygen atoms in total. The van der Waals surface area contributed by atoms with E-state index in [0.717, 1.165) is 25.7 Å². The summed E-state index contributed by atoms with van der Waals surface area (Å²) in [6.45, 7) is 9.33. The Morgan fingerprint density at radius 2 is 1.43 bits per heavy atom. The van der Waals surface area contributed by atoms with E-state index in [-0.39, 0.29) is 0 Å². The highest BCUT2D eigenvalue weighted by Crippen LogP contribution is 2.27. The molecule has 0 aliphatic carbocycles. The van der Waals surface area contributed by atoms with Crippen LogP contribution >= 0.6 is 0 Å². The summed E-state index contributed by atoms with van der Waals surface area (Å²) in [7, 11) is 0. The average molecular weight is 325 g/mol. The lowest BCUT2D eigenvalue weighted by Crippen LogP contribution is -2.47. The van der Waals surface area contributed by atoms with Crippen LogP contribution in [0.15, 0.2) is 12.2 Å². The molecule has 0 radical (unpaired) electrons. The van der Waals surface area contributed by atoms with Gasteiger partial charge in [0, 0.05) is 5.57 Å². The van der Waals surface area contributed by atoms with Crippen molar-refractivity contribution in [3.63, 3.8) is 0 Å². The summed E-state index contributed by atoms with van der Waals surface area (Å²) in [5.74, 6) is -1.08. The number of primary amides is 1. The molecule has 1 atom stereocenters. The van der Waals surface area contributed by atoms with Gasteiger partial charge in [-0.3, -0.25) is 4.79 Å². The minimum atomic E-state index is -1.17. The molecule has 0 spiro atoms. The van der Waals surface area contributed by atoms with Crippen molar-refractivity contribution in [2.24, 2.45) is 5.73 Å². The zero-order valence-electron chi connectivity index (χ0n) is 15.3. The van der Waals surface area contributed by atoms with Crippen LogP contribution in [0.2, 0.25) is 0 Å². The molecule has 0 fully saturated rings. The fourth-order valence-electron chi connectivity index (χ4n) is 2.74. The zero-order valence-corrected chi connectivity index (χ0v) is 15.3. The molecular formula is C19H35NO3. The van der Waals surface area contributed by atoms with E-state index in [2.05, 4.69) is 13.5 Å². The zero-order chi connectivity index (χ0) is 17.7. The molecule has 0 aliphatic rings. The second-order valence-electron chi connectivity index (χ2n) is 6.50. The number of hydrogen-bond acceptors (Lipinski definition) is 3. The van der Waals surface area contributed by atoms with Gasteiger partial charge in [-0.2, -0.15) is 0 Å². The van der Waals surface area contributed by atoms with Crippen LogP contribution in [-0.4, -0.2) is 17.5 Å². The van der Waals surface area contributed by atoms with E-state index >= 15 is 0 Å². The van der Waals surface area contributed by atoms with Crippen LogP contribution in [-0.2, 0) is 14.3 Å². The van der Waals surface area contributed by atoms with Crippen molar-refractivity contribution >= 4 is 11.9 Å². The molecule has 0 saturated heterocycles. The maximum absolute atomic E-state index is 11.9. The number of carbonyl (C=O) groups excluding carboxylic acids is 2. The molecule has 0 heterocycles. The largest absolute Gasteiger partial charge is 0.446 e. The molecule has 0 aromatic heterocycles. The minimum Gasteiger partial charge on any atom is -0.446 e. The Kier molecular flexibility index (Phi) is 11.4. The number of hydrogen-bond donors (Lipinski definition) is 1. The van der Waals surface area contributed by atoms with Crippen LogP contribution in [0.25, 0.3) is 0 Å². The molecule has 2 N–H and O–H groups in total. The van der Waals surface area contributed by atoms with Crippen LogP contribution in [0.3, 0.4) is 0 Å². The topological polar surface area (TPSA) is 69.4 Å². The summed E-state index contributed by atoms with van der Waals surface area (Å²) in [5.41, 5.74) is 4.68. The fourth-order valence-corrected chi connectivity index (χ4v) is 2.74. The first-order valence-corrected chi connectivity index (χ1v) is 9.08. The molecule has 0 bridgehead atoms. The predicted molar refractivity (Wildman–Crippen MR) is 95.0 cm³/mol. The monoisotopic (exact) mass is 325 g/mol. The van der Waals surface area contributed by atoms with Crippen molar-refractivity contribution in [2.45, 2.75) is 97.0 Å². The van der Waals surface area contributed by atoms with Crippen LogP contribution in [0.4, 0.5) is 0 Å². The van der Waals surface area contributed by atoms with Crippen LogP contribution in [0.5, 0.6) is 0 Å². The molecule has 4 heteroatoms. The number of nitrogens with two attached hydrogens (primary N) is 1. The van der Waals surface area contributed by atoms with Crippen molar-refractivity contribution in [1.29, 1.82) is 0 Å². The third-order valence-corrected chi connectivity index (χ3v) is 4.17. The van der Waals surface area contributed by atoms with E-state index in [1.807, 2.05) is 6.92 Å². The summed E-state index contributed by atoms with van der Waals surface area (Å²) in [5, 5.41) is 0. The molecule has 134 valence electrons. The predicted octanol–water partition coefficient (Wildman–Crippen LogP) is 4.66. The highest BCUT2D eigenvalue weighted by atomic mass is 16.6. The van der Waals surface area contributed by atoms with E-state index in [4.69, 9.17) is 10.5 Å². The first kappa shape index (κ1) is 21.7. The van der Waals surface area contributed by atoms with E-state index in [1.165, 1.54) is 32.1 Å². The van der Waals surface area contributed by atoms with Gasteiger partial charge < -0.3 is 10.5 Å². The average Bonchev–Trinajstić information content (AvgIpc) is 2.49. The number of unbranched alkanes of at least 4 members (excludes halogenated alkanes) is 7. The lowest BCUT2D eigenvalue weighted by Gasteiger charge is -2.30. The van der Waals surface area contributed by atoms with Gasteiger partial charge >= 0.3 is 5.97 Å². The molecule has 0 aromatic carbocycles. The highest BCUT2D eigenvalue weighted by molar-refractivity contribution is 5.92. The Morgan fingerprint density at radius 3 is 1.87 bits per heavy atom. The highest BCUT2D eigenvalue weighted by Gasteiger charge is 2.39. The summed E-state index contributed by atoms with van der Waals surface area (Å²) in [6.07, 6.45) is 11.1. The van der Waals surface area contributed by atoms with Gasteiger partial charge in [-0.15, -0.1) is 0 Å². The first-order chi connectivity index (χ1) is 10.9. The molecule has 0 saturated carbocycles. The van der Waals surface area contributed by atoms with Gasteiger partial charge in [0.15, 0.2) is 5.60 Å². The number of rotatable bonds is 14. The van der Waals surface area contributed by atoms with Crippen LogP contribution in [0, 0.1) is 0 Å².